The van der Waals surface area contributed by atoms with Crippen LogP contribution in [-0.4, -0.2) is 18.3 Å². The largest absolute Gasteiger partial charge is 0.491 e. The van der Waals surface area contributed by atoms with Gasteiger partial charge in [-0.1, -0.05) is 0 Å². The number of carbonyl (C=O) groups excluding carboxylic acids is 1. The van der Waals surface area contributed by atoms with Gasteiger partial charge in [0.1, 0.15) is 0 Å². The van der Waals surface area contributed by atoms with Gasteiger partial charge in [-0.25, -0.2) is 4.39 Å². The van der Waals surface area contributed by atoms with Crippen molar-refractivity contribution in [3.63, 3.8) is 0 Å². The third-order valence-corrected chi connectivity index (χ3v) is 1.95. The molecule has 15 heavy (non-hydrogen) atoms. The predicted octanol–water partition coefficient (Wildman–Crippen LogP) is 2.09. The summed E-state index contributed by atoms with van der Waals surface area (Å²) in [4.78, 5) is 11.0. The molecule has 1 rings (SSSR count). The van der Waals surface area contributed by atoms with Crippen molar-refractivity contribution in [2.45, 2.75) is 6.92 Å². The van der Waals surface area contributed by atoms with Crippen molar-refractivity contribution in [2.24, 2.45) is 0 Å². The summed E-state index contributed by atoms with van der Waals surface area (Å²) in [7, 11) is 0. The van der Waals surface area contributed by atoms with Gasteiger partial charge in [0.25, 0.3) is 0 Å². The molecule has 3 nitrogen and oxygen atoms in total. The number of anilines is 1. The van der Waals surface area contributed by atoms with Gasteiger partial charge in [-0.15, -0.1) is 0 Å². The fourth-order valence-electron chi connectivity index (χ4n) is 1.05. The third-order valence-electron chi connectivity index (χ3n) is 1.66. The lowest BCUT2D eigenvalue weighted by Gasteiger charge is -2.07. The summed E-state index contributed by atoms with van der Waals surface area (Å²) in [6, 6.07) is 4.27. The summed E-state index contributed by atoms with van der Waals surface area (Å²) in [5, 5.41) is 2.49. The number of hydrogen-bond donors (Lipinski definition) is 2. The van der Waals surface area contributed by atoms with E-state index in [0.717, 1.165) is 0 Å². The van der Waals surface area contributed by atoms with E-state index in [1.165, 1.54) is 12.1 Å². The Morgan fingerprint density at radius 2 is 2.33 bits per heavy atom. The first-order valence-electron chi connectivity index (χ1n) is 4.50. The Morgan fingerprint density at radius 1 is 1.60 bits per heavy atom. The summed E-state index contributed by atoms with van der Waals surface area (Å²) in [6.45, 7) is 2.18. The van der Waals surface area contributed by atoms with Crippen molar-refractivity contribution in [2.75, 3.05) is 17.7 Å². The average Bonchev–Trinajstić information content (AvgIpc) is 2.22. The van der Waals surface area contributed by atoms with Gasteiger partial charge < -0.3 is 10.1 Å². The molecule has 0 fully saturated rings. The van der Waals surface area contributed by atoms with Crippen LogP contribution in [0.3, 0.4) is 0 Å². The molecule has 0 aliphatic rings. The first-order valence-corrected chi connectivity index (χ1v) is 5.13. The Balaban J connectivity index is 2.77. The molecule has 0 radical (unpaired) electrons. The maximum Gasteiger partial charge on any atom is 0.234 e. The van der Waals surface area contributed by atoms with Crippen LogP contribution in [0.25, 0.3) is 0 Å². The van der Waals surface area contributed by atoms with Crippen LogP contribution < -0.4 is 10.1 Å². The first-order chi connectivity index (χ1) is 7.17. The standard InChI is InChI=1S/C10H12FNO2S/c1-2-14-9-4-3-7(5-8(9)11)12-10(13)6-15/h3-5,15H,2,6H2,1H3,(H,12,13). The van der Waals surface area contributed by atoms with Crippen molar-refractivity contribution in [3.05, 3.63) is 24.0 Å². The van der Waals surface area contributed by atoms with E-state index in [9.17, 15) is 9.18 Å². The summed E-state index contributed by atoms with van der Waals surface area (Å²) in [5.74, 6) is -0.522. The van der Waals surface area contributed by atoms with Crippen molar-refractivity contribution < 1.29 is 13.9 Å². The Bertz CT molecular complexity index is 357. The number of amides is 1. The lowest BCUT2D eigenvalue weighted by atomic mass is 10.3. The molecule has 1 aromatic rings. The topological polar surface area (TPSA) is 38.3 Å². The van der Waals surface area contributed by atoms with E-state index < -0.39 is 5.82 Å². The lowest BCUT2D eigenvalue weighted by Crippen LogP contribution is -2.12. The van der Waals surface area contributed by atoms with Gasteiger partial charge in [0.15, 0.2) is 11.6 Å². The van der Waals surface area contributed by atoms with Crippen molar-refractivity contribution in [1.82, 2.24) is 0 Å². The Hall–Kier alpha value is -1.23. The average molecular weight is 229 g/mol. The van der Waals surface area contributed by atoms with Gasteiger partial charge in [0, 0.05) is 11.8 Å². The lowest BCUT2D eigenvalue weighted by molar-refractivity contribution is -0.113. The molecule has 1 aromatic carbocycles. The number of thiol groups is 1. The van der Waals surface area contributed by atoms with Crippen molar-refractivity contribution in [3.8, 4) is 5.75 Å². The molecular weight excluding hydrogens is 217 g/mol. The molecule has 0 atom stereocenters. The van der Waals surface area contributed by atoms with E-state index in [1.54, 1.807) is 13.0 Å². The fourth-order valence-corrected chi connectivity index (χ4v) is 1.13. The second kappa shape index (κ2) is 5.60. The van der Waals surface area contributed by atoms with E-state index >= 15 is 0 Å². The zero-order chi connectivity index (χ0) is 11.3. The quantitative estimate of drug-likeness (QED) is 0.776. The van der Waals surface area contributed by atoms with Crippen LogP contribution in [0.1, 0.15) is 6.92 Å². The molecule has 1 amide bonds. The molecule has 0 bridgehead atoms. The highest BCUT2D eigenvalue weighted by Crippen LogP contribution is 2.20. The van der Waals surface area contributed by atoms with Crippen LogP contribution in [-0.2, 0) is 4.79 Å². The molecule has 1 N–H and O–H groups in total. The Labute approximate surface area is 93.0 Å². The molecule has 0 aliphatic heterocycles. The van der Waals surface area contributed by atoms with Gasteiger partial charge in [0.05, 0.1) is 12.4 Å². The van der Waals surface area contributed by atoms with Crippen molar-refractivity contribution >= 4 is 24.2 Å². The molecule has 0 heterocycles. The minimum absolute atomic E-state index is 0.0643. The van der Waals surface area contributed by atoms with E-state index in [-0.39, 0.29) is 17.4 Å². The Kier molecular flexibility index (Phi) is 4.42. The van der Waals surface area contributed by atoms with E-state index in [1.807, 2.05) is 0 Å². The van der Waals surface area contributed by atoms with Gasteiger partial charge in [-0.2, -0.15) is 12.6 Å². The number of halogens is 1. The summed E-state index contributed by atoms with van der Waals surface area (Å²) < 4.78 is 18.3. The molecule has 82 valence electrons. The SMILES string of the molecule is CCOc1ccc(NC(=O)CS)cc1F. The molecule has 0 saturated carbocycles. The molecule has 0 aliphatic carbocycles. The highest BCUT2D eigenvalue weighted by molar-refractivity contribution is 7.81. The number of rotatable bonds is 4. The fraction of sp³-hybridized carbons (Fsp3) is 0.300. The van der Waals surface area contributed by atoms with E-state index in [4.69, 9.17) is 4.74 Å². The minimum atomic E-state index is -0.492. The summed E-state index contributed by atoms with van der Waals surface area (Å²) >= 11 is 3.80. The number of carbonyl (C=O) groups is 1. The predicted molar refractivity (Wildman–Crippen MR) is 60.1 cm³/mol. The van der Waals surface area contributed by atoms with Crippen LogP contribution in [0.2, 0.25) is 0 Å². The smallest absolute Gasteiger partial charge is 0.234 e. The van der Waals surface area contributed by atoms with Crippen molar-refractivity contribution in [1.29, 1.82) is 0 Å². The molecule has 0 saturated heterocycles. The minimum Gasteiger partial charge on any atom is -0.491 e. The maximum absolute atomic E-state index is 13.3. The third kappa shape index (κ3) is 3.43. The van der Waals surface area contributed by atoms with Gasteiger partial charge >= 0.3 is 0 Å². The van der Waals surface area contributed by atoms with Crippen LogP contribution in [0.5, 0.6) is 5.75 Å². The van der Waals surface area contributed by atoms with Crippen LogP contribution >= 0.6 is 12.6 Å². The number of hydrogen-bond acceptors (Lipinski definition) is 3. The number of nitrogens with one attached hydrogen (secondary N) is 1. The normalized spacial score (nSPS) is 9.80. The summed E-state index contributed by atoms with van der Waals surface area (Å²) in [6.07, 6.45) is 0. The maximum atomic E-state index is 13.3. The zero-order valence-electron chi connectivity index (χ0n) is 8.29. The number of ether oxygens (including phenoxy) is 1. The highest BCUT2D eigenvalue weighted by atomic mass is 32.1. The molecule has 0 aromatic heterocycles. The van der Waals surface area contributed by atoms with E-state index in [2.05, 4.69) is 17.9 Å². The van der Waals surface area contributed by atoms with Gasteiger partial charge in [-0.05, 0) is 19.1 Å². The second-order valence-corrected chi connectivity index (χ2v) is 3.10. The highest BCUT2D eigenvalue weighted by Gasteiger charge is 2.05. The monoisotopic (exact) mass is 229 g/mol. The van der Waals surface area contributed by atoms with Gasteiger partial charge in [0.2, 0.25) is 5.91 Å². The number of benzene rings is 1. The van der Waals surface area contributed by atoms with Gasteiger partial charge in [-0.3, -0.25) is 4.79 Å². The zero-order valence-corrected chi connectivity index (χ0v) is 9.18. The van der Waals surface area contributed by atoms with Crippen LogP contribution in [0.15, 0.2) is 18.2 Å². The summed E-state index contributed by atoms with van der Waals surface area (Å²) in [5.41, 5.74) is 0.398. The molecular formula is C10H12FNO2S. The Morgan fingerprint density at radius 3 is 2.87 bits per heavy atom. The molecule has 5 heteroatoms. The van der Waals surface area contributed by atoms with Crippen LogP contribution in [0, 0.1) is 5.82 Å². The molecule has 0 unspecified atom stereocenters. The molecule has 0 spiro atoms. The van der Waals surface area contributed by atoms with Crippen LogP contribution in [0.4, 0.5) is 10.1 Å². The second-order valence-electron chi connectivity index (χ2n) is 2.78. The first kappa shape index (κ1) is 11.8. The van der Waals surface area contributed by atoms with E-state index in [0.29, 0.717) is 12.3 Å².